The fraction of sp³-hybridized carbons (Fsp3) is 0.588. The maximum Gasteiger partial charge on any atom is 0.251 e. The molecule has 1 amide bonds. The van der Waals surface area contributed by atoms with Crippen LogP contribution in [0.5, 0.6) is 0 Å². The Bertz CT molecular complexity index is 472. The fourth-order valence-electron chi connectivity index (χ4n) is 2.48. The Morgan fingerprint density at radius 1 is 1.38 bits per heavy atom. The number of ether oxygens (including phenoxy) is 1. The molecule has 0 saturated carbocycles. The molecule has 4 nitrogen and oxygen atoms in total. The predicted octanol–water partition coefficient (Wildman–Crippen LogP) is 2.84. The van der Waals surface area contributed by atoms with Gasteiger partial charge in [0.15, 0.2) is 0 Å². The summed E-state index contributed by atoms with van der Waals surface area (Å²) in [5, 5.41) is 6.29. The second kappa shape index (κ2) is 8.03. The van der Waals surface area contributed by atoms with Crippen LogP contribution in [0.2, 0.25) is 0 Å². The highest BCUT2D eigenvalue weighted by Crippen LogP contribution is 2.25. The number of amides is 1. The van der Waals surface area contributed by atoms with Crippen LogP contribution in [0.4, 0.5) is 5.69 Å². The molecule has 0 aromatic heterocycles. The number of carbonyl (C=O) groups is 1. The quantitative estimate of drug-likeness (QED) is 0.759. The van der Waals surface area contributed by atoms with E-state index in [0.29, 0.717) is 19.1 Å². The van der Waals surface area contributed by atoms with Crippen LogP contribution in [0, 0.1) is 5.92 Å². The molecule has 0 unspecified atom stereocenters. The largest absolute Gasteiger partial charge is 0.385 e. The number of fused-ring (bicyclic) bond motifs is 1. The minimum atomic E-state index is 0.00279. The lowest BCUT2D eigenvalue weighted by atomic mass is 9.97. The van der Waals surface area contributed by atoms with Crippen molar-refractivity contribution in [1.29, 1.82) is 0 Å². The van der Waals surface area contributed by atoms with Gasteiger partial charge in [-0.2, -0.15) is 0 Å². The molecule has 2 rings (SSSR count). The van der Waals surface area contributed by atoms with Crippen LogP contribution in [-0.2, 0) is 11.2 Å². The SMILES string of the molecule is CC(C)CCOCCNC(=O)c1cccc2c1CCCN2. The van der Waals surface area contributed by atoms with E-state index < -0.39 is 0 Å². The van der Waals surface area contributed by atoms with Crippen LogP contribution >= 0.6 is 0 Å². The fourth-order valence-corrected chi connectivity index (χ4v) is 2.48. The first-order valence-corrected chi connectivity index (χ1v) is 7.90. The number of hydrogen-bond donors (Lipinski definition) is 2. The van der Waals surface area contributed by atoms with Gasteiger partial charge in [-0.3, -0.25) is 4.79 Å². The molecule has 1 aliphatic rings. The molecule has 1 aromatic rings. The Labute approximate surface area is 127 Å². The average molecular weight is 290 g/mol. The lowest BCUT2D eigenvalue weighted by Gasteiger charge is -2.20. The molecule has 2 N–H and O–H groups in total. The van der Waals surface area contributed by atoms with Crippen molar-refractivity contribution in [3.05, 3.63) is 29.3 Å². The third-order valence-electron chi connectivity index (χ3n) is 3.71. The topological polar surface area (TPSA) is 50.4 Å². The first-order chi connectivity index (χ1) is 10.2. The summed E-state index contributed by atoms with van der Waals surface area (Å²) in [6.45, 7) is 7.25. The lowest BCUT2D eigenvalue weighted by Crippen LogP contribution is -2.29. The monoisotopic (exact) mass is 290 g/mol. The zero-order chi connectivity index (χ0) is 15.1. The summed E-state index contributed by atoms with van der Waals surface area (Å²) >= 11 is 0. The highest BCUT2D eigenvalue weighted by Gasteiger charge is 2.16. The highest BCUT2D eigenvalue weighted by molar-refractivity contribution is 5.97. The maximum absolute atomic E-state index is 12.3. The van der Waals surface area contributed by atoms with Crippen molar-refractivity contribution in [1.82, 2.24) is 5.32 Å². The molecule has 1 heterocycles. The molecular formula is C17H26N2O2. The number of anilines is 1. The molecule has 1 aliphatic heterocycles. The van der Waals surface area contributed by atoms with Crippen molar-refractivity contribution in [2.75, 3.05) is 31.6 Å². The van der Waals surface area contributed by atoms with E-state index >= 15 is 0 Å². The first kappa shape index (κ1) is 15.8. The normalized spacial score (nSPS) is 13.7. The number of nitrogens with one attached hydrogen (secondary N) is 2. The number of hydrogen-bond acceptors (Lipinski definition) is 3. The summed E-state index contributed by atoms with van der Waals surface area (Å²) in [7, 11) is 0. The predicted molar refractivity (Wildman–Crippen MR) is 85.9 cm³/mol. The van der Waals surface area contributed by atoms with Crippen LogP contribution in [-0.4, -0.2) is 32.2 Å². The minimum absolute atomic E-state index is 0.00279. The molecule has 0 fully saturated rings. The molecule has 0 saturated heterocycles. The van der Waals surface area contributed by atoms with Crippen LogP contribution in [0.15, 0.2) is 18.2 Å². The van der Waals surface area contributed by atoms with Gasteiger partial charge in [0.2, 0.25) is 0 Å². The average Bonchev–Trinajstić information content (AvgIpc) is 2.49. The first-order valence-electron chi connectivity index (χ1n) is 7.90. The molecule has 0 bridgehead atoms. The molecule has 1 aromatic carbocycles. The maximum atomic E-state index is 12.3. The van der Waals surface area contributed by atoms with E-state index in [0.717, 1.165) is 49.2 Å². The molecule has 0 atom stereocenters. The summed E-state index contributed by atoms with van der Waals surface area (Å²) in [5.74, 6) is 0.658. The Morgan fingerprint density at radius 3 is 3.05 bits per heavy atom. The molecule has 116 valence electrons. The second-order valence-corrected chi connectivity index (χ2v) is 5.91. The van der Waals surface area contributed by atoms with Gasteiger partial charge in [0.1, 0.15) is 0 Å². The standard InChI is InChI=1S/C17H26N2O2/c1-13(2)8-11-21-12-10-19-17(20)15-5-3-7-16-14(15)6-4-9-18-16/h3,5,7,13,18H,4,6,8-12H2,1-2H3,(H,19,20). The summed E-state index contributed by atoms with van der Waals surface area (Å²) in [6, 6.07) is 5.88. The second-order valence-electron chi connectivity index (χ2n) is 5.91. The van der Waals surface area contributed by atoms with E-state index in [1.807, 2.05) is 18.2 Å². The van der Waals surface area contributed by atoms with Crippen LogP contribution in [0.3, 0.4) is 0 Å². The van der Waals surface area contributed by atoms with Gasteiger partial charge in [-0.15, -0.1) is 0 Å². The van der Waals surface area contributed by atoms with Crippen molar-refractivity contribution in [2.45, 2.75) is 33.1 Å². The van der Waals surface area contributed by atoms with Crippen LogP contribution < -0.4 is 10.6 Å². The summed E-state index contributed by atoms with van der Waals surface area (Å²) in [6.07, 6.45) is 3.11. The van der Waals surface area contributed by atoms with Gasteiger partial charge in [-0.1, -0.05) is 19.9 Å². The van der Waals surface area contributed by atoms with E-state index in [4.69, 9.17) is 4.74 Å². The Kier molecular flexibility index (Phi) is 6.05. The van der Waals surface area contributed by atoms with E-state index in [2.05, 4.69) is 24.5 Å². The number of rotatable bonds is 7. The van der Waals surface area contributed by atoms with Crippen molar-refractivity contribution in [3.8, 4) is 0 Å². The van der Waals surface area contributed by atoms with Gasteiger partial charge in [0.05, 0.1) is 6.61 Å². The zero-order valence-corrected chi connectivity index (χ0v) is 13.1. The minimum Gasteiger partial charge on any atom is -0.385 e. The third-order valence-corrected chi connectivity index (χ3v) is 3.71. The molecule has 0 spiro atoms. The summed E-state index contributed by atoms with van der Waals surface area (Å²) in [5.41, 5.74) is 3.03. The Balaban J connectivity index is 1.79. The Hall–Kier alpha value is -1.55. The van der Waals surface area contributed by atoms with Crippen molar-refractivity contribution in [2.24, 2.45) is 5.92 Å². The third kappa shape index (κ3) is 4.74. The molecule has 4 heteroatoms. The molecular weight excluding hydrogens is 264 g/mol. The van der Waals surface area contributed by atoms with Gasteiger partial charge in [0, 0.05) is 30.9 Å². The van der Waals surface area contributed by atoms with Crippen LogP contribution in [0.25, 0.3) is 0 Å². The summed E-state index contributed by atoms with van der Waals surface area (Å²) in [4.78, 5) is 12.3. The van der Waals surface area contributed by atoms with Gasteiger partial charge in [-0.25, -0.2) is 0 Å². The molecule has 21 heavy (non-hydrogen) atoms. The van der Waals surface area contributed by atoms with E-state index in [-0.39, 0.29) is 5.91 Å². The highest BCUT2D eigenvalue weighted by atomic mass is 16.5. The van der Waals surface area contributed by atoms with Crippen molar-refractivity contribution >= 4 is 11.6 Å². The van der Waals surface area contributed by atoms with Crippen molar-refractivity contribution in [3.63, 3.8) is 0 Å². The summed E-state index contributed by atoms with van der Waals surface area (Å²) < 4.78 is 5.52. The van der Waals surface area contributed by atoms with E-state index in [1.165, 1.54) is 0 Å². The van der Waals surface area contributed by atoms with Gasteiger partial charge >= 0.3 is 0 Å². The van der Waals surface area contributed by atoms with Crippen molar-refractivity contribution < 1.29 is 9.53 Å². The van der Waals surface area contributed by atoms with Gasteiger partial charge < -0.3 is 15.4 Å². The van der Waals surface area contributed by atoms with Gasteiger partial charge in [-0.05, 0) is 42.9 Å². The number of benzene rings is 1. The molecule has 0 aliphatic carbocycles. The van der Waals surface area contributed by atoms with Gasteiger partial charge in [0.25, 0.3) is 5.91 Å². The lowest BCUT2D eigenvalue weighted by molar-refractivity contribution is 0.0905. The van der Waals surface area contributed by atoms with E-state index in [9.17, 15) is 4.79 Å². The number of carbonyl (C=O) groups excluding carboxylic acids is 1. The Morgan fingerprint density at radius 2 is 2.24 bits per heavy atom. The van der Waals surface area contributed by atoms with Crippen LogP contribution in [0.1, 0.15) is 42.6 Å². The smallest absolute Gasteiger partial charge is 0.251 e. The molecule has 0 radical (unpaired) electrons. The zero-order valence-electron chi connectivity index (χ0n) is 13.1. The van der Waals surface area contributed by atoms with E-state index in [1.54, 1.807) is 0 Å².